The van der Waals surface area contributed by atoms with Crippen molar-refractivity contribution in [3.8, 4) is 5.75 Å². The third kappa shape index (κ3) is 4.69. The maximum absolute atomic E-state index is 12.1. The summed E-state index contributed by atoms with van der Waals surface area (Å²) in [7, 11) is 0. The molecule has 1 aromatic rings. The number of nitrogens with one attached hydrogen (secondary N) is 1. The average molecular weight is 278 g/mol. The first-order valence-electron chi connectivity index (χ1n) is 6.05. The number of hydrogen-bond acceptors (Lipinski definition) is 2. The zero-order valence-corrected chi connectivity index (χ0v) is 11.3. The van der Waals surface area contributed by atoms with Gasteiger partial charge >= 0.3 is 6.61 Å². The van der Waals surface area contributed by atoms with Crippen molar-refractivity contribution in [1.29, 1.82) is 0 Å². The first-order chi connectivity index (χ1) is 8.56. The van der Waals surface area contributed by atoms with E-state index in [0.717, 1.165) is 25.1 Å². The van der Waals surface area contributed by atoms with Crippen LogP contribution < -0.4 is 10.1 Å². The van der Waals surface area contributed by atoms with Gasteiger partial charge < -0.3 is 10.1 Å². The van der Waals surface area contributed by atoms with Gasteiger partial charge in [0.25, 0.3) is 0 Å². The van der Waals surface area contributed by atoms with Crippen molar-refractivity contribution in [3.05, 3.63) is 23.2 Å². The van der Waals surface area contributed by atoms with Gasteiger partial charge in [-0.25, -0.2) is 0 Å². The summed E-state index contributed by atoms with van der Waals surface area (Å²) in [5, 5.41) is 3.43. The molecule has 2 nitrogen and oxygen atoms in total. The minimum absolute atomic E-state index is 0.000232. The highest BCUT2D eigenvalue weighted by atomic mass is 35.5. The van der Waals surface area contributed by atoms with E-state index in [-0.39, 0.29) is 10.8 Å². The van der Waals surface area contributed by atoms with E-state index in [9.17, 15) is 8.78 Å². The van der Waals surface area contributed by atoms with Crippen LogP contribution in [0.2, 0.25) is 5.02 Å². The second-order valence-corrected chi connectivity index (χ2v) is 4.49. The van der Waals surface area contributed by atoms with Gasteiger partial charge in [-0.2, -0.15) is 8.78 Å². The van der Waals surface area contributed by atoms with Crippen molar-refractivity contribution in [2.45, 2.75) is 33.3 Å². The summed E-state index contributed by atoms with van der Waals surface area (Å²) >= 11 is 5.86. The van der Waals surface area contributed by atoms with Gasteiger partial charge in [0.15, 0.2) is 0 Å². The molecule has 1 rings (SSSR count). The number of rotatable bonds is 7. The fourth-order valence-corrected chi connectivity index (χ4v) is 1.87. The zero-order chi connectivity index (χ0) is 13.5. The maximum atomic E-state index is 12.1. The Bertz CT molecular complexity index is 370. The summed E-state index contributed by atoms with van der Waals surface area (Å²) in [6.07, 6.45) is 2.20. The second-order valence-electron chi connectivity index (χ2n) is 4.09. The molecule has 0 aliphatic rings. The summed E-state index contributed by atoms with van der Waals surface area (Å²) in [5.74, 6) is 0.598. The predicted molar refractivity (Wildman–Crippen MR) is 70.6 cm³/mol. The van der Waals surface area contributed by atoms with E-state index in [1.165, 1.54) is 6.07 Å². The number of halogens is 3. The van der Waals surface area contributed by atoms with E-state index in [0.29, 0.717) is 5.92 Å². The van der Waals surface area contributed by atoms with Gasteiger partial charge in [0.2, 0.25) is 0 Å². The Morgan fingerprint density at radius 2 is 1.94 bits per heavy atom. The highest BCUT2D eigenvalue weighted by Crippen LogP contribution is 2.29. The van der Waals surface area contributed by atoms with Gasteiger partial charge in [-0.3, -0.25) is 0 Å². The van der Waals surface area contributed by atoms with Crippen LogP contribution in [0, 0.1) is 5.92 Å². The number of anilines is 1. The number of hydrogen-bond donors (Lipinski definition) is 1. The van der Waals surface area contributed by atoms with Crippen LogP contribution in [0.1, 0.15) is 26.7 Å². The highest BCUT2D eigenvalue weighted by molar-refractivity contribution is 6.32. The van der Waals surface area contributed by atoms with Gasteiger partial charge in [0.05, 0.1) is 5.02 Å². The molecule has 0 spiro atoms. The Hall–Kier alpha value is -1.03. The Morgan fingerprint density at radius 3 is 2.44 bits per heavy atom. The van der Waals surface area contributed by atoms with Crippen LogP contribution in [0.4, 0.5) is 14.5 Å². The standard InChI is InChI=1S/C13H18ClF2NO/c1-3-9(4-2)8-17-10-5-6-12(11(14)7-10)18-13(15)16/h5-7,9,13,17H,3-4,8H2,1-2H3. The molecule has 0 saturated carbocycles. The van der Waals surface area contributed by atoms with Gasteiger partial charge in [0.1, 0.15) is 5.75 Å². The third-order valence-corrected chi connectivity index (χ3v) is 3.19. The van der Waals surface area contributed by atoms with Gasteiger partial charge in [-0.05, 0) is 24.1 Å². The Balaban J connectivity index is 2.61. The van der Waals surface area contributed by atoms with Crippen LogP contribution in [0.15, 0.2) is 18.2 Å². The molecule has 0 aliphatic carbocycles. The van der Waals surface area contributed by atoms with E-state index < -0.39 is 6.61 Å². The average Bonchev–Trinajstić information content (AvgIpc) is 2.33. The van der Waals surface area contributed by atoms with Crippen LogP contribution in [0.5, 0.6) is 5.75 Å². The van der Waals surface area contributed by atoms with E-state index in [1.807, 2.05) is 0 Å². The molecule has 102 valence electrons. The van der Waals surface area contributed by atoms with E-state index in [4.69, 9.17) is 11.6 Å². The lowest BCUT2D eigenvalue weighted by Gasteiger charge is -2.15. The molecule has 0 radical (unpaired) electrons. The smallest absolute Gasteiger partial charge is 0.387 e. The van der Waals surface area contributed by atoms with Crippen molar-refractivity contribution in [2.24, 2.45) is 5.92 Å². The minimum atomic E-state index is -2.86. The molecule has 0 unspecified atom stereocenters. The summed E-state index contributed by atoms with van der Waals surface area (Å²) in [6.45, 7) is 2.27. The predicted octanol–water partition coefficient (Wildman–Crippen LogP) is 4.79. The van der Waals surface area contributed by atoms with Crippen LogP contribution in [0.25, 0.3) is 0 Å². The molecule has 1 N–H and O–H groups in total. The lowest BCUT2D eigenvalue weighted by molar-refractivity contribution is -0.0497. The molecule has 0 heterocycles. The Morgan fingerprint density at radius 1 is 1.28 bits per heavy atom. The van der Waals surface area contributed by atoms with Gasteiger partial charge in [-0.1, -0.05) is 38.3 Å². The van der Waals surface area contributed by atoms with Crippen molar-refractivity contribution in [1.82, 2.24) is 0 Å². The van der Waals surface area contributed by atoms with Crippen LogP contribution >= 0.6 is 11.6 Å². The van der Waals surface area contributed by atoms with E-state index in [1.54, 1.807) is 12.1 Å². The largest absolute Gasteiger partial charge is 0.433 e. The zero-order valence-electron chi connectivity index (χ0n) is 10.6. The lowest BCUT2D eigenvalue weighted by atomic mass is 10.0. The molecule has 0 atom stereocenters. The molecule has 18 heavy (non-hydrogen) atoms. The fraction of sp³-hybridized carbons (Fsp3) is 0.538. The molecule has 0 aliphatic heterocycles. The van der Waals surface area contributed by atoms with Crippen molar-refractivity contribution < 1.29 is 13.5 Å². The summed E-state index contributed by atoms with van der Waals surface area (Å²) in [5.41, 5.74) is 0.813. The first kappa shape index (κ1) is 15.0. The topological polar surface area (TPSA) is 21.3 Å². The normalized spacial score (nSPS) is 11.1. The highest BCUT2D eigenvalue weighted by Gasteiger charge is 2.09. The molecule has 5 heteroatoms. The molecule has 0 fully saturated rings. The molecule has 0 bridgehead atoms. The summed E-state index contributed by atoms with van der Waals surface area (Å²) in [6, 6.07) is 4.73. The lowest BCUT2D eigenvalue weighted by Crippen LogP contribution is -2.12. The number of ether oxygens (including phenoxy) is 1. The molecular weight excluding hydrogens is 260 g/mol. The van der Waals surface area contributed by atoms with Crippen molar-refractivity contribution in [2.75, 3.05) is 11.9 Å². The van der Waals surface area contributed by atoms with Crippen LogP contribution in [-0.4, -0.2) is 13.2 Å². The van der Waals surface area contributed by atoms with E-state index in [2.05, 4.69) is 23.9 Å². The molecule has 0 saturated heterocycles. The van der Waals surface area contributed by atoms with Gasteiger partial charge in [-0.15, -0.1) is 0 Å². The van der Waals surface area contributed by atoms with Gasteiger partial charge in [0, 0.05) is 12.2 Å². The molecule has 0 aromatic heterocycles. The van der Waals surface area contributed by atoms with Crippen LogP contribution in [0.3, 0.4) is 0 Å². The monoisotopic (exact) mass is 277 g/mol. The number of benzene rings is 1. The first-order valence-corrected chi connectivity index (χ1v) is 6.42. The Labute approximate surface area is 111 Å². The number of alkyl halides is 2. The molecule has 0 amide bonds. The minimum Gasteiger partial charge on any atom is -0.433 e. The van der Waals surface area contributed by atoms with Crippen LogP contribution in [-0.2, 0) is 0 Å². The third-order valence-electron chi connectivity index (χ3n) is 2.90. The molecule has 1 aromatic carbocycles. The summed E-state index contributed by atoms with van der Waals surface area (Å²) < 4.78 is 28.4. The van der Waals surface area contributed by atoms with Crippen molar-refractivity contribution >= 4 is 17.3 Å². The SMILES string of the molecule is CCC(CC)CNc1ccc(OC(F)F)c(Cl)c1. The van der Waals surface area contributed by atoms with Crippen molar-refractivity contribution in [3.63, 3.8) is 0 Å². The van der Waals surface area contributed by atoms with E-state index >= 15 is 0 Å². The quantitative estimate of drug-likeness (QED) is 0.774. The fourth-order valence-electron chi connectivity index (χ4n) is 1.64. The summed E-state index contributed by atoms with van der Waals surface area (Å²) in [4.78, 5) is 0. The molecular formula is C13H18ClF2NO. The Kier molecular flexibility index (Phi) is 6.19. The second kappa shape index (κ2) is 7.41. The maximum Gasteiger partial charge on any atom is 0.387 e.